The summed E-state index contributed by atoms with van der Waals surface area (Å²) in [5, 5.41) is 24.6. The van der Waals surface area contributed by atoms with Gasteiger partial charge in [0.2, 0.25) is 0 Å². The number of aromatic hydroxyl groups is 2. The number of aryl methyl sites for hydroxylation is 1. The first-order valence-corrected chi connectivity index (χ1v) is 7.11. The van der Waals surface area contributed by atoms with Crippen molar-refractivity contribution in [1.29, 1.82) is 0 Å². The van der Waals surface area contributed by atoms with Gasteiger partial charge in [-0.25, -0.2) is 4.68 Å². The Bertz CT molecular complexity index is 781. The van der Waals surface area contributed by atoms with Crippen molar-refractivity contribution in [2.45, 2.75) is 20.8 Å². The molecule has 0 spiro atoms. The topological polar surface area (TPSA) is 58.3 Å². The van der Waals surface area contributed by atoms with Crippen molar-refractivity contribution in [3.05, 3.63) is 47.1 Å². The molecule has 5 heteroatoms. The van der Waals surface area contributed by atoms with E-state index in [0.29, 0.717) is 10.7 Å². The molecule has 4 nitrogen and oxygen atoms in total. The number of hydrogen-bond acceptors (Lipinski definition) is 3. The van der Waals surface area contributed by atoms with E-state index >= 15 is 0 Å². The average molecular weight is 305 g/mol. The predicted molar refractivity (Wildman–Crippen MR) is 85.5 cm³/mol. The monoisotopic (exact) mass is 304 g/mol. The van der Waals surface area contributed by atoms with E-state index in [-0.39, 0.29) is 11.5 Å². The van der Waals surface area contributed by atoms with Crippen molar-refractivity contribution in [2.75, 3.05) is 0 Å². The lowest BCUT2D eigenvalue weighted by molar-refractivity contribution is 0.475. The normalized spacial score (nSPS) is 10.3. The van der Waals surface area contributed by atoms with E-state index < -0.39 is 0 Å². The number of benzene rings is 2. The van der Waals surface area contributed by atoms with Gasteiger partial charge in [-0.1, -0.05) is 25.4 Å². The molecule has 0 atom stereocenters. The minimum Gasteiger partial charge on any atom is -0.508 e. The van der Waals surface area contributed by atoms with E-state index in [9.17, 15) is 10.2 Å². The lowest BCUT2D eigenvalue weighted by Gasteiger charge is -2.06. The van der Waals surface area contributed by atoms with Crippen LogP contribution < -0.4 is 0 Å². The molecule has 2 N–H and O–H groups in total. The van der Waals surface area contributed by atoms with Crippen LogP contribution in [0.2, 0.25) is 5.02 Å². The molecule has 0 unspecified atom stereocenters. The lowest BCUT2D eigenvalue weighted by Crippen LogP contribution is -1.99. The highest BCUT2D eigenvalue weighted by atomic mass is 35.5. The fraction of sp³-hybridized carbons (Fsp3) is 0.188. The number of phenolic OH excluding ortho intramolecular Hbond substituents is 2. The molecule has 0 aliphatic heterocycles. The molecule has 0 aliphatic carbocycles. The number of halogens is 1. The van der Waals surface area contributed by atoms with Crippen molar-refractivity contribution < 1.29 is 10.2 Å². The number of aromatic nitrogens is 2. The molecular weight excluding hydrogens is 288 g/mol. The molecule has 1 heterocycles. The highest BCUT2D eigenvalue weighted by Gasteiger charge is 2.12. The van der Waals surface area contributed by atoms with Crippen LogP contribution in [0.15, 0.2) is 36.4 Å². The van der Waals surface area contributed by atoms with Gasteiger partial charge in [-0.3, -0.25) is 0 Å². The molecule has 21 heavy (non-hydrogen) atoms. The van der Waals surface area contributed by atoms with Crippen LogP contribution in [-0.4, -0.2) is 20.0 Å². The van der Waals surface area contributed by atoms with E-state index in [1.54, 1.807) is 35.0 Å². The van der Waals surface area contributed by atoms with Crippen LogP contribution in [0.1, 0.15) is 19.5 Å². The lowest BCUT2D eigenvalue weighted by atomic mass is 10.2. The van der Waals surface area contributed by atoms with Crippen molar-refractivity contribution in [3.8, 4) is 17.2 Å². The van der Waals surface area contributed by atoms with E-state index in [0.717, 1.165) is 16.6 Å². The van der Waals surface area contributed by atoms with Crippen molar-refractivity contribution >= 4 is 22.5 Å². The Balaban J connectivity index is 0.000000774. The first-order valence-electron chi connectivity index (χ1n) is 6.73. The summed E-state index contributed by atoms with van der Waals surface area (Å²) in [5.41, 5.74) is 2.34. The molecule has 0 radical (unpaired) electrons. The van der Waals surface area contributed by atoms with Gasteiger partial charge in [-0.15, -0.1) is 0 Å². The number of rotatable bonds is 1. The van der Waals surface area contributed by atoms with Crippen molar-refractivity contribution in [3.63, 3.8) is 0 Å². The molecule has 0 saturated carbocycles. The van der Waals surface area contributed by atoms with Gasteiger partial charge in [0.15, 0.2) is 0 Å². The zero-order valence-electron chi connectivity index (χ0n) is 12.1. The third-order valence-corrected chi connectivity index (χ3v) is 3.36. The Morgan fingerprint density at radius 1 is 1.00 bits per heavy atom. The number of nitrogens with zero attached hydrogens (tertiary/aromatic N) is 2. The third-order valence-electron chi connectivity index (χ3n) is 3.05. The minimum atomic E-state index is 0.112. The molecule has 3 aromatic rings. The Morgan fingerprint density at radius 3 is 2.29 bits per heavy atom. The van der Waals surface area contributed by atoms with Gasteiger partial charge in [-0.05, 0) is 37.3 Å². The summed E-state index contributed by atoms with van der Waals surface area (Å²) < 4.78 is 1.70. The Labute approximate surface area is 128 Å². The van der Waals surface area contributed by atoms with E-state index in [4.69, 9.17) is 11.6 Å². The molecule has 0 aliphatic rings. The largest absolute Gasteiger partial charge is 0.508 e. The summed E-state index contributed by atoms with van der Waals surface area (Å²) in [6.45, 7) is 5.90. The Morgan fingerprint density at radius 2 is 1.62 bits per heavy atom. The molecule has 0 bridgehead atoms. The predicted octanol–water partition coefficient (Wildman–Crippen LogP) is 4.42. The number of phenols is 2. The van der Waals surface area contributed by atoms with Gasteiger partial charge in [-0.2, -0.15) is 5.10 Å². The second-order valence-corrected chi connectivity index (χ2v) is 4.74. The molecule has 0 saturated heterocycles. The molecule has 2 aromatic carbocycles. The molecular formula is C16H17ClN2O2. The SMILES string of the molecule is CC.Cc1c2cc(O)ccc2nn1-c1ccc(O)cc1Cl. The molecule has 110 valence electrons. The van der Waals surface area contributed by atoms with Crippen molar-refractivity contribution in [1.82, 2.24) is 9.78 Å². The summed E-state index contributed by atoms with van der Waals surface area (Å²) in [7, 11) is 0. The zero-order chi connectivity index (χ0) is 15.6. The van der Waals surface area contributed by atoms with Crippen LogP contribution >= 0.6 is 11.6 Å². The van der Waals surface area contributed by atoms with Crippen LogP contribution in [-0.2, 0) is 0 Å². The van der Waals surface area contributed by atoms with Crippen LogP contribution in [0.4, 0.5) is 0 Å². The van der Waals surface area contributed by atoms with Gasteiger partial charge in [0.1, 0.15) is 11.5 Å². The third kappa shape index (κ3) is 2.81. The van der Waals surface area contributed by atoms with Gasteiger partial charge < -0.3 is 10.2 Å². The fourth-order valence-electron chi connectivity index (χ4n) is 2.10. The van der Waals surface area contributed by atoms with Crippen LogP contribution in [0, 0.1) is 6.92 Å². The maximum atomic E-state index is 9.53. The van der Waals surface area contributed by atoms with Gasteiger partial charge >= 0.3 is 0 Å². The number of hydrogen-bond donors (Lipinski definition) is 2. The summed E-state index contributed by atoms with van der Waals surface area (Å²) in [6.07, 6.45) is 0. The van der Waals surface area contributed by atoms with E-state index in [1.165, 1.54) is 6.07 Å². The van der Waals surface area contributed by atoms with Crippen LogP contribution in [0.25, 0.3) is 16.6 Å². The smallest absolute Gasteiger partial charge is 0.117 e. The highest BCUT2D eigenvalue weighted by Crippen LogP contribution is 2.29. The van der Waals surface area contributed by atoms with Gasteiger partial charge in [0.25, 0.3) is 0 Å². The zero-order valence-corrected chi connectivity index (χ0v) is 12.9. The van der Waals surface area contributed by atoms with Gasteiger partial charge in [0, 0.05) is 17.1 Å². The number of fused-ring (bicyclic) bond motifs is 1. The van der Waals surface area contributed by atoms with Crippen molar-refractivity contribution in [2.24, 2.45) is 0 Å². The summed E-state index contributed by atoms with van der Waals surface area (Å²) in [6, 6.07) is 9.75. The second kappa shape index (κ2) is 6.06. The molecule has 3 rings (SSSR count). The summed E-state index contributed by atoms with van der Waals surface area (Å²) >= 11 is 6.12. The Hall–Kier alpha value is -2.20. The molecule has 1 aromatic heterocycles. The Kier molecular flexibility index (Phi) is 4.38. The average Bonchev–Trinajstić information content (AvgIpc) is 2.78. The minimum absolute atomic E-state index is 0.112. The van der Waals surface area contributed by atoms with E-state index in [2.05, 4.69) is 5.10 Å². The van der Waals surface area contributed by atoms with E-state index in [1.807, 2.05) is 20.8 Å². The summed E-state index contributed by atoms with van der Waals surface area (Å²) in [4.78, 5) is 0. The maximum absolute atomic E-state index is 9.53. The molecule has 0 fully saturated rings. The molecule has 0 amide bonds. The first-order chi connectivity index (χ1) is 10.1. The second-order valence-electron chi connectivity index (χ2n) is 4.33. The van der Waals surface area contributed by atoms with Crippen LogP contribution in [0.5, 0.6) is 11.5 Å². The maximum Gasteiger partial charge on any atom is 0.117 e. The van der Waals surface area contributed by atoms with Crippen LogP contribution in [0.3, 0.4) is 0 Å². The van der Waals surface area contributed by atoms with Gasteiger partial charge in [0.05, 0.1) is 16.2 Å². The highest BCUT2D eigenvalue weighted by molar-refractivity contribution is 6.32. The first kappa shape index (κ1) is 15.2. The summed E-state index contributed by atoms with van der Waals surface area (Å²) in [5.74, 6) is 0.313. The quantitative estimate of drug-likeness (QED) is 0.699. The standard InChI is InChI=1S/C14H11ClN2O2.C2H6/c1-8-11-6-9(18)2-4-13(11)16-17(8)14-5-3-10(19)7-12(14)15;1-2/h2-7,18-19H,1H3;1-2H3. The fourth-order valence-corrected chi connectivity index (χ4v) is 2.35.